The first-order valence-electron chi connectivity index (χ1n) is 8.39. The summed E-state index contributed by atoms with van der Waals surface area (Å²) in [4.78, 5) is 12.4. The summed E-state index contributed by atoms with van der Waals surface area (Å²) in [7, 11) is -3.63. The minimum absolute atomic E-state index is 0.0219. The number of amides is 1. The smallest absolute Gasteiger partial charge is 0.273 e. The topological polar surface area (TPSA) is 106 Å². The number of hydrogen-bond acceptors (Lipinski definition) is 5. The van der Waals surface area contributed by atoms with Gasteiger partial charge in [-0.25, -0.2) is 22.2 Å². The number of aromatic nitrogens is 3. The second-order valence-corrected chi connectivity index (χ2v) is 7.65. The van der Waals surface area contributed by atoms with E-state index >= 15 is 0 Å². The lowest BCUT2D eigenvalue weighted by atomic mass is 10.3. The Bertz CT molecular complexity index is 1070. The predicted molar refractivity (Wildman–Crippen MR) is 100 cm³/mol. The maximum atomic E-state index is 13.0. The van der Waals surface area contributed by atoms with Crippen LogP contribution >= 0.6 is 0 Å². The summed E-state index contributed by atoms with van der Waals surface area (Å²) in [6, 6.07) is 13.6. The summed E-state index contributed by atoms with van der Waals surface area (Å²) in [5.41, 5.74) is 1.16. The Kier molecular flexibility index (Phi) is 5.81. The van der Waals surface area contributed by atoms with E-state index in [1.165, 1.54) is 41.1 Å². The zero-order valence-corrected chi connectivity index (χ0v) is 15.8. The third kappa shape index (κ3) is 4.41. The molecule has 0 aliphatic rings. The molecule has 1 amide bonds. The van der Waals surface area contributed by atoms with E-state index in [9.17, 15) is 17.6 Å². The maximum absolute atomic E-state index is 13.0. The van der Waals surface area contributed by atoms with Crippen LogP contribution in [-0.2, 0) is 10.0 Å². The van der Waals surface area contributed by atoms with E-state index in [2.05, 4.69) is 20.4 Å². The Morgan fingerprint density at radius 3 is 2.43 bits per heavy atom. The normalized spacial score (nSPS) is 11.4. The number of sulfonamides is 1. The van der Waals surface area contributed by atoms with Gasteiger partial charge < -0.3 is 5.32 Å². The minimum atomic E-state index is -3.63. The van der Waals surface area contributed by atoms with Gasteiger partial charge in [-0.1, -0.05) is 23.4 Å². The highest BCUT2D eigenvalue weighted by atomic mass is 32.2. The Hall–Kier alpha value is -3.11. The fourth-order valence-electron chi connectivity index (χ4n) is 2.49. The van der Waals surface area contributed by atoms with Crippen LogP contribution in [0.2, 0.25) is 0 Å². The van der Waals surface area contributed by atoms with Crippen LogP contribution in [0, 0.1) is 12.7 Å². The average molecular weight is 403 g/mol. The molecule has 2 aromatic carbocycles. The first-order valence-corrected chi connectivity index (χ1v) is 9.88. The third-order valence-corrected chi connectivity index (χ3v) is 5.41. The number of carbonyl (C=O) groups is 1. The number of nitrogens with one attached hydrogen (secondary N) is 2. The number of halogens is 1. The van der Waals surface area contributed by atoms with Crippen molar-refractivity contribution in [1.29, 1.82) is 0 Å². The number of rotatable bonds is 7. The van der Waals surface area contributed by atoms with E-state index in [0.29, 0.717) is 11.4 Å². The van der Waals surface area contributed by atoms with E-state index in [1.54, 1.807) is 25.1 Å². The molecule has 1 aromatic heterocycles. The van der Waals surface area contributed by atoms with Crippen molar-refractivity contribution in [3.8, 4) is 5.69 Å². The fourth-order valence-corrected chi connectivity index (χ4v) is 3.55. The van der Waals surface area contributed by atoms with Gasteiger partial charge in [-0.3, -0.25) is 4.79 Å². The molecule has 0 saturated carbocycles. The molecule has 0 unspecified atom stereocenters. The molecule has 0 aliphatic heterocycles. The molecule has 2 N–H and O–H groups in total. The molecule has 1 heterocycles. The Labute approximate surface area is 161 Å². The summed E-state index contributed by atoms with van der Waals surface area (Å²) in [6.45, 7) is 1.76. The quantitative estimate of drug-likeness (QED) is 0.581. The lowest BCUT2D eigenvalue weighted by Crippen LogP contribution is -2.35. The highest BCUT2D eigenvalue weighted by molar-refractivity contribution is 7.89. The molecule has 146 valence electrons. The van der Waals surface area contributed by atoms with Crippen molar-refractivity contribution in [2.75, 3.05) is 13.1 Å². The molecule has 3 rings (SSSR count). The first-order chi connectivity index (χ1) is 13.4. The molecule has 0 fully saturated rings. The second kappa shape index (κ2) is 8.28. The molecule has 0 bridgehead atoms. The average Bonchev–Trinajstić information content (AvgIpc) is 3.08. The van der Waals surface area contributed by atoms with Crippen molar-refractivity contribution in [3.63, 3.8) is 0 Å². The molecule has 28 heavy (non-hydrogen) atoms. The molecular weight excluding hydrogens is 385 g/mol. The summed E-state index contributed by atoms with van der Waals surface area (Å²) < 4.78 is 41.1. The summed E-state index contributed by atoms with van der Waals surface area (Å²) >= 11 is 0. The Balaban J connectivity index is 1.58. The van der Waals surface area contributed by atoms with E-state index in [4.69, 9.17) is 0 Å². The molecule has 8 nitrogen and oxygen atoms in total. The van der Waals surface area contributed by atoms with Crippen molar-refractivity contribution in [3.05, 3.63) is 71.8 Å². The van der Waals surface area contributed by atoms with Crippen molar-refractivity contribution >= 4 is 15.9 Å². The second-order valence-electron chi connectivity index (χ2n) is 5.88. The highest BCUT2D eigenvalue weighted by Crippen LogP contribution is 2.13. The standard InChI is InChI=1S/C18H18FN5O3S/c1-13-17(22-23-24(13)15-9-7-14(19)8-10-15)18(25)20-11-12-21-28(26,27)16-5-3-2-4-6-16/h2-10,21H,11-12H2,1H3,(H,20,25). The van der Waals surface area contributed by atoms with Crippen LogP contribution in [0.4, 0.5) is 4.39 Å². The number of carbonyl (C=O) groups excluding carboxylic acids is 1. The molecule has 0 atom stereocenters. The van der Waals surface area contributed by atoms with Crippen LogP contribution in [0.3, 0.4) is 0 Å². The van der Waals surface area contributed by atoms with Crippen molar-refractivity contribution in [2.24, 2.45) is 0 Å². The molecule has 0 spiro atoms. The van der Waals surface area contributed by atoms with Gasteiger partial charge >= 0.3 is 0 Å². The van der Waals surface area contributed by atoms with E-state index in [-0.39, 0.29) is 29.5 Å². The highest BCUT2D eigenvalue weighted by Gasteiger charge is 2.18. The zero-order valence-electron chi connectivity index (χ0n) is 15.0. The predicted octanol–water partition coefficient (Wildman–Crippen LogP) is 1.42. The third-order valence-electron chi connectivity index (χ3n) is 3.94. The van der Waals surface area contributed by atoms with Crippen LogP contribution in [-0.4, -0.2) is 42.4 Å². The van der Waals surface area contributed by atoms with Gasteiger partial charge in [0.2, 0.25) is 10.0 Å². The largest absolute Gasteiger partial charge is 0.349 e. The summed E-state index contributed by atoms with van der Waals surface area (Å²) in [5.74, 6) is -0.859. The number of benzene rings is 2. The van der Waals surface area contributed by atoms with Crippen LogP contribution in [0.5, 0.6) is 0 Å². The SMILES string of the molecule is Cc1c(C(=O)NCCNS(=O)(=O)c2ccccc2)nnn1-c1ccc(F)cc1. The summed E-state index contributed by atoms with van der Waals surface area (Å²) in [6.07, 6.45) is 0. The number of nitrogens with zero attached hydrogens (tertiary/aromatic N) is 3. The van der Waals surface area contributed by atoms with Crippen LogP contribution in [0.25, 0.3) is 5.69 Å². The van der Waals surface area contributed by atoms with Crippen LogP contribution in [0.15, 0.2) is 59.5 Å². The zero-order chi connectivity index (χ0) is 20.1. The molecule has 0 aliphatic carbocycles. The maximum Gasteiger partial charge on any atom is 0.273 e. The molecule has 0 saturated heterocycles. The van der Waals surface area contributed by atoms with Gasteiger partial charge in [0, 0.05) is 13.1 Å². The van der Waals surface area contributed by atoms with Crippen molar-refractivity contribution in [1.82, 2.24) is 25.0 Å². The molecule has 10 heteroatoms. The van der Waals surface area contributed by atoms with Gasteiger partial charge in [0.1, 0.15) is 5.82 Å². The van der Waals surface area contributed by atoms with E-state index in [1.807, 2.05) is 0 Å². The lowest BCUT2D eigenvalue weighted by molar-refractivity contribution is 0.0948. The molecule has 0 radical (unpaired) electrons. The van der Waals surface area contributed by atoms with Crippen LogP contribution < -0.4 is 10.0 Å². The van der Waals surface area contributed by atoms with Crippen molar-refractivity contribution in [2.45, 2.75) is 11.8 Å². The van der Waals surface area contributed by atoms with Crippen LogP contribution in [0.1, 0.15) is 16.2 Å². The molecule has 3 aromatic rings. The fraction of sp³-hybridized carbons (Fsp3) is 0.167. The number of hydrogen-bond donors (Lipinski definition) is 2. The van der Waals surface area contributed by atoms with E-state index < -0.39 is 15.9 Å². The monoisotopic (exact) mass is 403 g/mol. The van der Waals surface area contributed by atoms with E-state index in [0.717, 1.165) is 0 Å². The van der Waals surface area contributed by atoms with Gasteiger partial charge in [-0.2, -0.15) is 0 Å². The van der Waals surface area contributed by atoms with Gasteiger partial charge in [-0.15, -0.1) is 5.10 Å². The van der Waals surface area contributed by atoms with Gasteiger partial charge in [0.05, 0.1) is 16.3 Å². The van der Waals surface area contributed by atoms with Gasteiger partial charge in [0.25, 0.3) is 5.91 Å². The Morgan fingerprint density at radius 1 is 1.07 bits per heavy atom. The minimum Gasteiger partial charge on any atom is -0.349 e. The van der Waals surface area contributed by atoms with Crippen molar-refractivity contribution < 1.29 is 17.6 Å². The Morgan fingerprint density at radius 2 is 1.75 bits per heavy atom. The first kappa shape index (κ1) is 19.6. The van der Waals surface area contributed by atoms with Gasteiger partial charge in [0.15, 0.2) is 5.69 Å². The summed E-state index contributed by atoms with van der Waals surface area (Å²) in [5, 5.41) is 10.4. The molecular formula is C18H18FN5O3S. The lowest BCUT2D eigenvalue weighted by Gasteiger charge is -2.08. The van der Waals surface area contributed by atoms with Gasteiger partial charge in [-0.05, 0) is 43.3 Å².